The van der Waals surface area contributed by atoms with Crippen molar-refractivity contribution in [3.63, 3.8) is 0 Å². The Labute approximate surface area is 97.6 Å². The molecule has 0 aromatic rings. The van der Waals surface area contributed by atoms with Crippen LogP contribution in [-0.4, -0.2) is 49.3 Å². The van der Waals surface area contributed by atoms with E-state index in [-0.39, 0.29) is 0 Å². The number of rotatable bonds is 6. The van der Waals surface area contributed by atoms with E-state index in [0.29, 0.717) is 13.2 Å². The Balaban J connectivity index is 2.60. The van der Waals surface area contributed by atoms with Crippen molar-refractivity contribution in [2.75, 3.05) is 33.4 Å². The summed E-state index contributed by atoms with van der Waals surface area (Å²) in [5, 5.41) is 9.41. The molecule has 1 aliphatic rings. The van der Waals surface area contributed by atoms with Gasteiger partial charge in [-0.15, -0.1) is 0 Å². The van der Waals surface area contributed by atoms with Crippen LogP contribution in [0.5, 0.6) is 0 Å². The number of carboxylic acids is 1. The second-order valence-electron chi connectivity index (χ2n) is 4.71. The summed E-state index contributed by atoms with van der Waals surface area (Å²) in [5.74, 6) is -0.628. The lowest BCUT2D eigenvalue weighted by Gasteiger charge is -2.39. The first-order valence-electron chi connectivity index (χ1n) is 6.09. The predicted octanol–water partition coefficient (Wildman–Crippen LogP) is 1.60. The largest absolute Gasteiger partial charge is 0.481 e. The van der Waals surface area contributed by atoms with Gasteiger partial charge in [-0.05, 0) is 25.8 Å². The summed E-state index contributed by atoms with van der Waals surface area (Å²) in [4.78, 5) is 13.6. The van der Waals surface area contributed by atoms with Crippen molar-refractivity contribution in [3.8, 4) is 0 Å². The van der Waals surface area contributed by atoms with E-state index < -0.39 is 11.4 Å². The Hall–Kier alpha value is -0.610. The number of ether oxygens (including phenoxy) is 1. The standard InChI is InChI=1S/C12H23NO3/c1-3-5-12(11(14)15)6-4-7-13(10-12)8-9-16-2/h3-10H2,1-2H3,(H,14,15). The van der Waals surface area contributed by atoms with Gasteiger partial charge in [0.1, 0.15) is 0 Å². The fourth-order valence-electron chi connectivity index (χ4n) is 2.60. The molecule has 0 bridgehead atoms. The molecule has 1 aliphatic heterocycles. The van der Waals surface area contributed by atoms with Crippen LogP contribution in [-0.2, 0) is 9.53 Å². The number of nitrogens with zero attached hydrogens (tertiary/aromatic N) is 1. The van der Waals surface area contributed by atoms with Crippen LogP contribution in [0.25, 0.3) is 0 Å². The highest BCUT2D eigenvalue weighted by atomic mass is 16.5. The number of likely N-dealkylation sites (tertiary alicyclic amines) is 1. The van der Waals surface area contributed by atoms with E-state index in [1.165, 1.54) is 0 Å². The summed E-state index contributed by atoms with van der Waals surface area (Å²) in [6, 6.07) is 0. The number of hydrogen-bond donors (Lipinski definition) is 1. The fraction of sp³-hybridized carbons (Fsp3) is 0.917. The Morgan fingerprint density at radius 3 is 2.88 bits per heavy atom. The smallest absolute Gasteiger partial charge is 0.310 e. The highest BCUT2D eigenvalue weighted by molar-refractivity contribution is 5.75. The maximum Gasteiger partial charge on any atom is 0.310 e. The van der Waals surface area contributed by atoms with Gasteiger partial charge in [0.2, 0.25) is 0 Å². The molecular weight excluding hydrogens is 206 g/mol. The van der Waals surface area contributed by atoms with Gasteiger partial charge in [-0.25, -0.2) is 0 Å². The number of piperidine rings is 1. The van der Waals surface area contributed by atoms with Gasteiger partial charge in [-0.3, -0.25) is 9.69 Å². The van der Waals surface area contributed by atoms with Gasteiger partial charge in [-0.1, -0.05) is 13.3 Å². The molecule has 0 spiro atoms. The van der Waals surface area contributed by atoms with E-state index in [4.69, 9.17) is 4.74 Å². The number of aliphatic carboxylic acids is 1. The number of carbonyl (C=O) groups is 1. The first kappa shape index (κ1) is 13.5. The molecule has 4 nitrogen and oxygen atoms in total. The monoisotopic (exact) mass is 229 g/mol. The van der Waals surface area contributed by atoms with Crippen molar-refractivity contribution in [1.29, 1.82) is 0 Å². The van der Waals surface area contributed by atoms with Crippen molar-refractivity contribution < 1.29 is 14.6 Å². The molecule has 1 atom stereocenters. The zero-order valence-electron chi connectivity index (χ0n) is 10.4. The van der Waals surface area contributed by atoms with E-state index in [1.54, 1.807) is 7.11 Å². The molecule has 16 heavy (non-hydrogen) atoms. The molecule has 1 fully saturated rings. The third kappa shape index (κ3) is 3.19. The summed E-state index contributed by atoms with van der Waals surface area (Å²) in [7, 11) is 1.68. The van der Waals surface area contributed by atoms with Gasteiger partial charge in [-0.2, -0.15) is 0 Å². The van der Waals surface area contributed by atoms with Gasteiger partial charge in [0, 0.05) is 20.2 Å². The molecule has 0 aromatic heterocycles. The lowest BCUT2D eigenvalue weighted by atomic mass is 9.76. The van der Waals surface area contributed by atoms with Gasteiger partial charge in [0.15, 0.2) is 0 Å². The topological polar surface area (TPSA) is 49.8 Å². The van der Waals surface area contributed by atoms with Crippen LogP contribution < -0.4 is 0 Å². The van der Waals surface area contributed by atoms with Crippen LogP contribution in [0.1, 0.15) is 32.6 Å². The van der Waals surface area contributed by atoms with Crippen LogP contribution in [0.2, 0.25) is 0 Å². The average Bonchev–Trinajstić information content (AvgIpc) is 2.27. The molecule has 0 aromatic carbocycles. The van der Waals surface area contributed by atoms with Crippen LogP contribution in [0.15, 0.2) is 0 Å². The minimum atomic E-state index is -0.628. The predicted molar refractivity (Wildman–Crippen MR) is 62.5 cm³/mol. The molecule has 94 valence electrons. The first-order chi connectivity index (χ1) is 7.64. The summed E-state index contributed by atoms with van der Waals surface area (Å²) < 4.78 is 5.04. The van der Waals surface area contributed by atoms with Crippen LogP contribution in [0.3, 0.4) is 0 Å². The molecule has 4 heteroatoms. The average molecular weight is 229 g/mol. The molecule has 1 saturated heterocycles. The molecule has 1 unspecified atom stereocenters. The van der Waals surface area contributed by atoms with Crippen molar-refractivity contribution >= 4 is 5.97 Å². The molecule has 0 radical (unpaired) electrons. The highest BCUT2D eigenvalue weighted by Gasteiger charge is 2.41. The molecule has 0 aliphatic carbocycles. The molecule has 1 rings (SSSR count). The maximum absolute atomic E-state index is 11.4. The van der Waals surface area contributed by atoms with Gasteiger partial charge >= 0.3 is 5.97 Å². The van der Waals surface area contributed by atoms with Gasteiger partial charge in [0.05, 0.1) is 12.0 Å². The van der Waals surface area contributed by atoms with E-state index in [0.717, 1.165) is 38.8 Å². The lowest BCUT2D eigenvalue weighted by Crippen LogP contribution is -2.48. The quantitative estimate of drug-likeness (QED) is 0.751. The molecule has 0 amide bonds. The van der Waals surface area contributed by atoms with E-state index >= 15 is 0 Å². The fourth-order valence-corrected chi connectivity index (χ4v) is 2.60. The Morgan fingerprint density at radius 2 is 2.31 bits per heavy atom. The lowest BCUT2D eigenvalue weighted by molar-refractivity contribution is -0.153. The summed E-state index contributed by atoms with van der Waals surface area (Å²) >= 11 is 0. The highest BCUT2D eigenvalue weighted by Crippen LogP contribution is 2.34. The molecular formula is C12H23NO3. The minimum Gasteiger partial charge on any atom is -0.481 e. The van der Waals surface area contributed by atoms with Gasteiger partial charge < -0.3 is 9.84 Å². The molecule has 0 saturated carbocycles. The second-order valence-corrected chi connectivity index (χ2v) is 4.71. The van der Waals surface area contributed by atoms with E-state index in [2.05, 4.69) is 11.8 Å². The molecule has 1 N–H and O–H groups in total. The van der Waals surface area contributed by atoms with Crippen molar-refractivity contribution in [3.05, 3.63) is 0 Å². The number of methoxy groups -OCH3 is 1. The summed E-state index contributed by atoms with van der Waals surface area (Å²) in [6.07, 6.45) is 3.52. The van der Waals surface area contributed by atoms with Crippen LogP contribution in [0, 0.1) is 5.41 Å². The van der Waals surface area contributed by atoms with Crippen LogP contribution in [0.4, 0.5) is 0 Å². The maximum atomic E-state index is 11.4. The summed E-state index contributed by atoms with van der Waals surface area (Å²) in [6.45, 7) is 5.26. The third-order valence-corrected chi connectivity index (χ3v) is 3.45. The van der Waals surface area contributed by atoms with Crippen molar-refractivity contribution in [2.24, 2.45) is 5.41 Å². The zero-order chi connectivity index (χ0) is 12.0. The number of carboxylic acid groups (broad SMARTS) is 1. The SMILES string of the molecule is CCCC1(C(=O)O)CCCN(CCOC)C1. The summed E-state index contributed by atoms with van der Waals surface area (Å²) in [5.41, 5.74) is -0.513. The van der Waals surface area contributed by atoms with Crippen molar-refractivity contribution in [1.82, 2.24) is 4.90 Å². The third-order valence-electron chi connectivity index (χ3n) is 3.45. The van der Waals surface area contributed by atoms with E-state index in [9.17, 15) is 9.90 Å². The Kier molecular flexibility index (Phi) is 5.22. The minimum absolute atomic E-state index is 0.513. The molecule has 1 heterocycles. The first-order valence-corrected chi connectivity index (χ1v) is 6.09. The Morgan fingerprint density at radius 1 is 1.56 bits per heavy atom. The van der Waals surface area contributed by atoms with Crippen molar-refractivity contribution in [2.45, 2.75) is 32.6 Å². The zero-order valence-corrected chi connectivity index (χ0v) is 10.4. The Bertz CT molecular complexity index is 228. The second kappa shape index (κ2) is 6.21. The number of hydrogen-bond acceptors (Lipinski definition) is 3. The van der Waals surface area contributed by atoms with Gasteiger partial charge in [0.25, 0.3) is 0 Å². The normalized spacial score (nSPS) is 26.9. The van der Waals surface area contributed by atoms with E-state index in [1.807, 2.05) is 0 Å². The van der Waals surface area contributed by atoms with Crippen LogP contribution >= 0.6 is 0 Å².